The number of hydrogen-bond donors (Lipinski definition) is 0. The molecule has 0 saturated heterocycles. The first kappa shape index (κ1) is 30.2. The summed E-state index contributed by atoms with van der Waals surface area (Å²) in [7, 11) is -0.861. The molecule has 0 bridgehead atoms. The molecule has 2 nitrogen and oxygen atoms in total. The first-order chi connectivity index (χ1) is 11.5. The monoisotopic (exact) mass is 539 g/mol. The third-order valence-electron chi connectivity index (χ3n) is 3.79. The number of rotatable bonds is 1. The average Bonchev–Trinajstić information content (AvgIpc) is 2.74. The van der Waals surface area contributed by atoms with Crippen molar-refractivity contribution in [2.75, 3.05) is 0 Å². The number of nitrogens with zero attached hydrogens (tertiary/aromatic N) is 1. The van der Waals surface area contributed by atoms with Crippen LogP contribution in [0, 0.1) is 47.1 Å². The van der Waals surface area contributed by atoms with Crippen LogP contribution in [0.25, 0.3) is 0 Å². The maximum Gasteiger partial charge on any atom is 0.120 e. The van der Waals surface area contributed by atoms with Gasteiger partial charge in [0, 0.05) is 21.1 Å². The van der Waals surface area contributed by atoms with E-state index in [1.54, 1.807) is 0 Å². The Hall–Kier alpha value is -0.535. The Morgan fingerprint density at radius 2 is 1.04 bits per heavy atom. The van der Waals surface area contributed by atoms with E-state index in [-0.39, 0.29) is 21.1 Å². The molecule has 4 heteroatoms. The number of benzene rings is 1. The fraction of sp³-hybridized carbons (Fsp3) is 0.364. The maximum atomic E-state index is 7.25. The molecule has 0 unspecified atom stereocenters. The molecular weight excluding hydrogens is 506 g/mol. The van der Waals surface area contributed by atoms with E-state index in [9.17, 15) is 0 Å². The summed E-state index contributed by atoms with van der Waals surface area (Å²) in [6, 6.07) is 9.84. The van der Waals surface area contributed by atoms with Crippen LogP contribution in [0.5, 0.6) is 0 Å². The maximum absolute atomic E-state index is 7.25. The first-order valence-electron chi connectivity index (χ1n) is 8.30. The summed E-state index contributed by atoms with van der Waals surface area (Å²) in [6.07, 6.45) is 2.78. The van der Waals surface area contributed by atoms with Crippen LogP contribution >= 0.6 is 0 Å². The molecule has 0 atom stereocenters. The number of hydrogen-bond acceptors (Lipinski definition) is 1. The average molecular weight is 539 g/mol. The third kappa shape index (κ3) is 13.6. The second-order valence-corrected chi connectivity index (χ2v) is 12.3. The zero-order valence-electron chi connectivity index (χ0n) is 17.6. The molecule has 144 valence electrons. The van der Waals surface area contributed by atoms with Crippen molar-refractivity contribution in [3.63, 3.8) is 0 Å². The van der Waals surface area contributed by atoms with Crippen LogP contribution in [0.2, 0.25) is 19.6 Å². The normalized spacial score (nSPS) is 16.0. The van der Waals surface area contributed by atoms with Gasteiger partial charge < -0.3 is 6.55 Å². The molecule has 26 heavy (non-hydrogen) atoms. The number of nitroso groups, excluding NO2 is 1. The Morgan fingerprint density at radius 3 is 1.19 bits per heavy atom. The molecule has 2 rings (SSSR count). The Morgan fingerprint density at radius 1 is 0.808 bits per heavy atom. The van der Waals surface area contributed by atoms with Gasteiger partial charge in [0.15, 0.2) is 0 Å². The van der Waals surface area contributed by atoms with Crippen LogP contribution < -0.4 is 5.59 Å². The van der Waals surface area contributed by atoms with Crippen molar-refractivity contribution in [2.24, 2.45) is 0 Å². The zero-order valence-corrected chi connectivity index (χ0v) is 21.5. The fourth-order valence-corrected chi connectivity index (χ4v) is 1.96. The molecule has 0 aliphatic heterocycles. The van der Waals surface area contributed by atoms with Gasteiger partial charge in [-0.25, -0.2) is 0 Å². The molecule has 1 fully saturated rings. The molecule has 1 aromatic carbocycles. The van der Waals surface area contributed by atoms with Crippen LogP contribution in [0.1, 0.15) is 40.2 Å². The van der Waals surface area contributed by atoms with E-state index in [4.69, 9.17) is 10.5 Å². The Bertz CT molecular complexity index is 410. The molecule has 0 N–H and O–H groups in total. The van der Waals surface area contributed by atoms with Gasteiger partial charge in [0.05, 0.1) is 0 Å². The van der Waals surface area contributed by atoms with Gasteiger partial charge in [-0.1, -0.05) is 60.3 Å². The Labute approximate surface area is 178 Å². The second-order valence-electron chi connectivity index (χ2n) is 7.23. The van der Waals surface area contributed by atoms with E-state index >= 15 is 0 Å². The van der Waals surface area contributed by atoms with Gasteiger partial charge in [0.25, 0.3) is 0 Å². The van der Waals surface area contributed by atoms with Crippen LogP contribution in [0.15, 0.2) is 36.9 Å². The molecule has 1 saturated carbocycles. The second kappa shape index (κ2) is 15.5. The minimum Gasteiger partial charge on any atom is -0.342 e. The quantitative estimate of drug-likeness (QED) is 0.308. The zero-order chi connectivity index (χ0) is 20.2. The van der Waals surface area contributed by atoms with E-state index in [1.807, 2.05) is 30.3 Å². The fourth-order valence-electron chi connectivity index (χ4n) is 1.96. The third-order valence-corrected chi connectivity index (χ3v) is 3.79. The van der Waals surface area contributed by atoms with Crippen molar-refractivity contribution < 1.29 is 21.1 Å². The summed E-state index contributed by atoms with van der Waals surface area (Å²) in [5.74, 6) is 7.34. The van der Waals surface area contributed by atoms with Gasteiger partial charge in [0.1, 0.15) is 5.59 Å². The summed E-state index contributed by atoms with van der Waals surface area (Å²) in [6.45, 7) is 25.1. The van der Waals surface area contributed by atoms with Crippen LogP contribution in [-0.2, 0) is 21.1 Å². The van der Waals surface area contributed by atoms with E-state index in [0.29, 0.717) is 0 Å². The summed E-state index contributed by atoms with van der Waals surface area (Å²) in [5, 5.41) is 0. The molecule has 0 amide bonds. The van der Waals surface area contributed by atoms with Crippen molar-refractivity contribution >= 4 is 8.07 Å². The molecule has 1 aliphatic carbocycles. The largest absolute Gasteiger partial charge is 0.342 e. The predicted molar refractivity (Wildman–Crippen MR) is 113 cm³/mol. The van der Waals surface area contributed by atoms with E-state index < -0.39 is 8.07 Å². The molecular formula is C22H33NOSiW-2. The van der Waals surface area contributed by atoms with Crippen LogP contribution in [-0.4, -0.2) is 8.07 Å². The molecule has 0 heterocycles. The van der Waals surface area contributed by atoms with Crippen molar-refractivity contribution in [1.29, 1.82) is 0 Å². The molecule has 0 spiro atoms. The minimum atomic E-state index is -0.861. The van der Waals surface area contributed by atoms with Gasteiger partial charge in [-0.15, -0.1) is 25.1 Å². The Kier molecular flexibility index (Phi) is 18.0. The van der Waals surface area contributed by atoms with E-state index in [2.05, 4.69) is 73.5 Å². The van der Waals surface area contributed by atoms with Gasteiger partial charge in [0.2, 0.25) is 0 Å². The van der Waals surface area contributed by atoms with E-state index in [0.717, 1.165) is 5.56 Å². The van der Waals surface area contributed by atoms with Gasteiger partial charge in [-0.05, 0) is 29.6 Å². The molecule has 0 aromatic heterocycles. The van der Waals surface area contributed by atoms with Gasteiger partial charge in [-0.3, -0.25) is 0 Å². The van der Waals surface area contributed by atoms with Crippen molar-refractivity contribution in [3.8, 4) is 0 Å². The topological polar surface area (TPSA) is 39.4 Å². The summed E-state index contributed by atoms with van der Waals surface area (Å²) >= 11 is 0. The standard InChI is InChI=1S/C10H15.C8H7.C4H11Si.NO.W/c1-6-7(2)9(4)10(5)8(6)3;1-2-8-6-4-3-5-7-8;1-5(2,3)4;1-2;/h1-5H3;3-7H,1H2;1H2,2-4H3;;/q;2*-1;;. The van der Waals surface area contributed by atoms with Crippen LogP contribution in [0.4, 0.5) is 0 Å². The Balaban J connectivity index is -0.000000299. The predicted octanol–water partition coefficient (Wildman–Crippen LogP) is 6.24. The first-order valence-corrected chi connectivity index (χ1v) is 12.0. The summed E-state index contributed by atoms with van der Waals surface area (Å²) < 4.78 is 0. The van der Waals surface area contributed by atoms with Gasteiger partial charge in [-0.2, -0.15) is 30.4 Å². The van der Waals surface area contributed by atoms with Crippen molar-refractivity contribution in [3.05, 3.63) is 89.6 Å². The van der Waals surface area contributed by atoms with E-state index in [1.165, 1.54) is 29.6 Å². The SMILES string of the molecule is C=[C-]c1ccccc1.C[C]1[C](C)[C](C)[C](C)[C]1C.[CH2-][Si](C)(C)C.[N]=O.[W]. The minimum absolute atomic E-state index is 0. The van der Waals surface area contributed by atoms with Crippen LogP contribution in [0.3, 0.4) is 0 Å². The summed E-state index contributed by atoms with van der Waals surface area (Å²) in [4.78, 5) is 7.25. The molecule has 1 aliphatic rings. The smallest absolute Gasteiger partial charge is 0.120 e. The molecule has 1 aromatic rings. The summed E-state index contributed by atoms with van der Waals surface area (Å²) in [5.41, 5.74) is 6.80. The molecule has 6 radical (unpaired) electrons. The van der Waals surface area contributed by atoms with Crippen molar-refractivity contribution in [2.45, 2.75) is 54.3 Å². The van der Waals surface area contributed by atoms with Crippen molar-refractivity contribution in [1.82, 2.24) is 5.59 Å². The van der Waals surface area contributed by atoms with Gasteiger partial charge >= 0.3 is 0 Å².